The number of rotatable bonds is 17. The van der Waals surface area contributed by atoms with Gasteiger partial charge in [0.05, 0.1) is 27.2 Å². The van der Waals surface area contributed by atoms with E-state index in [1.807, 2.05) is 0 Å². The lowest BCUT2D eigenvalue weighted by molar-refractivity contribution is -0.921. The van der Waals surface area contributed by atoms with Crippen LogP contribution in [0.4, 0.5) is 0 Å². The van der Waals surface area contributed by atoms with Gasteiger partial charge in [0.25, 0.3) is 0 Å². The second-order valence-corrected chi connectivity index (χ2v) is 8.77. The van der Waals surface area contributed by atoms with E-state index in [0.29, 0.717) is 12.6 Å². The van der Waals surface area contributed by atoms with Crippen LogP contribution in [0.5, 0.6) is 0 Å². The molecule has 0 bridgehead atoms. The van der Waals surface area contributed by atoms with E-state index >= 15 is 0 Å². The highest BCUT2D eigenvalue weighted by atomic mass is 16.5. The summed E-state index contributed by atoms with van der Waals surface area (Å²) in [6.45, 7) is 7.33. The minimum atomic E-state index is -0.336. The van der Waals surface area contributed by atoms with Gasteiger partial charge in [-0.25, -0.2) is 4.79 Å². The lowest BCUT2D eigenvalue weighted by Crippen LogP contribution is -2.44. The summed E-state index contributed by atoms with van der Waals surface area (Å²) in [4.78, 5) is 11.4. The zero-order chi connectivity index (χ0) is 21.4. The summed E-state index contributed by atoms with van der Waals surface area (Å²) in [5.41, 5.74) is 1.32. The minimum Gasteiger partial charge on any atom is -0.462 e. The molecule has 0 saturated carbocycles. The topological polar surface area (TPSA) is 26.3 Å². The van der Waals surface area contributed by atoms with Crippen molar-refractivity contribution in [2.75, 3.05) is 27.2 Å². The summed E-state index contributed by atoms with van der Waals surface area (Å²) >= 11 is 0. The summed E-state index contributed by atoms with van der Waals surface area (Å²) < 4.78 is 6.20. The molecule has 0 N–H and O–H groups in total. The van der Waals surface area contributed by atoms with Gasteiger partial charge in [-0.15, -0.1) is 0 Å². The summed E-state index contributed by atoms with van der Waals surface area (Å²) in [6, 6.07) is 11.0. The Morgan fingerprint density at radius 2 is 1.52 bits per heavy atom. The van der Waals surface area contributed by atoms with Crippen molar-refractivity contribution in [3.63, 3.8) is 0 Å². The molecule has 0 aliphatic rings. The molecule has 1 rings (SSSR count). The van der Waals surface area contributed by atoms with Crippen LogP contribution in [0.3, 0.4) is 0 Å². The molecule has 3 heteroatoms. The van der Waals surface area contributed by atoms with E-state index in [1.54, 1.807) is 0 Å². The van der Waals surface area contributed by atoms with Crippen LogP contribution in [0.2, 0.25) is 0 Å². The Hall–Kier alpha value is -1.61. The second kappa shape index (κ2) is 15.3. The quantitative estimate of drug-likeness (QED) is 0.123. The van der Waals surface area contributed by atoms with E-state index in [9.17, 15) is 4.79 Å². The number of carbonyl (C=O) groups is 1. The highest BCUT2D eigenvalue weighted by Gasteiger charge is 2.29. The predicted molar refractivity (Wildman–Crippen MR) is 124 cm³/mol. The lowest BCUT2D eigenvalue weighted by atomic mass is 9.99. The van der Waals surface area contributed by atoms with Crippen molar-refractivity contribution in [1.29, 1.82) is 0 Å². The summed E-state index contributed by atoms with van der Waals surface area (Å²) in [5.74, 6) is -0.336. The molecule has 1 aromatic carbocycles. The van der Waals surface area contributed by atoms with Crippen molar-refractivity contribution in [3.05, 3.63) is 48.6 Å². The van der Waals surface area contributed by atoms with Crippen molar-refractivity contribution in [2.24, 2.45) is 0 Å². The van der Waals surface area contributed by atoms with Gasteiger partial charge >= 0.3 is 5.97 Å². The van der Waals surface area contributed by atoms with Crippen molar-refractivity contribution in [2.45, 2.75) is 83.6 Å². The van der Waals surface area contributed by atoms with E-state index in [-0.39, 0.29) is 5.97 Å². The third kappa shape index (κ3) is 11.2. The van der Waals surface area contributed by atoms with Crippen LogP contribution in [0, 0.1) is 0 Å². The number of hydrogen-bond donors (Lipinski definition) is 0. The van der Waals surface area contributed by atoms with Crippen molar-refractivity contribution >= 4 is 5.97 Å². The van der Waals surface area contributed by atoms with Crippen LogP contribution in [0.15, 0.2) is 43.0 Å². The molecule has 29 heavy (non-hydrogen) atoms. The fourth-order valence-electron chi connectivity index (χ4n) is 4.09. The highest BCUT2D eigenvalue weighted by molar-refractivity contribution is 5.81. The Labute approximate surface area is 179 Å². The molecule has 1 aromatic rings. The van der Waals surface area contributed by atoms with Crippen LogP contribution in [0.1, 0.15) is 89.2 Å². The molecule has 0 amide bonds. The zero-order valence-electron chi connectivity index (χ0n) is 19.2. The maximum Gasteiger partial charge on any atom is 0.330 e. The SMILES string of the molecule is C=CC(=O)OCCC(c1ccccc1)[N+](C)(C)CCCCCCCCCCCC. The van der Waals surface area contributed by atoms with Gasteiger partial charge in [0, 0.05) is 18.1 Å². The molecule has 0 heterocycles. The number of quaternary nitrogens is 1. The van der Waals surface area contributed by atoms with Crippen molar-refractivity contribution in [3.8, 4) is 0 Å². The Balaban J connectivity index is 2.40. The molecule has 0 aliphatic carbocycles. The average Bonchev–Trinajstić information content (AvgIpc) is 2.72. The third-order valence-corrected chi connectivity index (χ3v) is 5.92. The first kappa shape index (κ1) is 25.4. The number of benzene rings is 1. The van der Waals surface area contributed by atoms with Gasteiger partial charge in [-0.3, -0.25) is 0 Å². The number of unbranched alkanes of at least 4 members (excludes halogenated alkanes) is 9. The van der Waals surface area contributed by atoms with Gasteiger partial charge in [-0.1, -0.05) is 95.2 Å². The van der Waals surface area contributed by atoms with Gasteiger partial charge in [0.1, 0.15) is 6.04 Å². The summed E-state index contributed by atoms with van der Waals surface area (Å²) in [5, 5.41) is 0. The highest BCUT2D eigenvalue weighted by Crippen LogP contribution is 2.29. The van der Waals surface area contributed by atoms with Crippen LogP contribution in [0.25, 0.3) is 0 Å². The summed E-state index contributed by atoms with van der Waals surface area (Å²) in [7, 11) is 4.61. The third-order valence-electron chi connectivity index (χ3n) is 5.92. The Morgan fingerprint density at radius 3 is 2.07 bits per heavy atom. The molecule has 0 radical (unpaired) electrons. The lowest BCUT2D eigenvalue weighted by Gasteiger charge is -2.38. The molecule has 0 aliphatic heterocycles. The molecule has 3 nitrogen and oxygen atoms in total. The van der Waals surface area contributed by atoms with Gasteiger partial charge in [0.2, 0.25) is 0 Å². The van der Waals surface area contributed by atoms with E-state index in [0.717, 1.165) is 17.4 Å². The van der Waals surface area contributed by atoms with Crippen LogP contribution in [-0.4, -0.2) is 37.7 Å². The Bertz CT molecular complexity index is 553. The fourth-order valence-corrected chi connectivity index (χ4v) is 4.09. The molecule has 1 atom stereocenters. The van der Waals surface area contributed by atoms with Gasteiger partial charge < -0.3 is 9.22 Å². The monoisotopic (exact) mass is 402 g/mol. The van der Waals surface area contributed by atoms with E-state index in [2.05, 4.69) is 57.9 Å². The largest absolute Gasteiger partial charge is 0.462 e. The number of hydrogen-bond acceptors (Lipinski definition) is 2. The van der Waals surface area contributed by atoms with Gasteiger partial charge in [-0.2, -0.15) is 0 Å². The minimum absolute atomic E-state index is 0.326. The Kier molecular flexibility index (Phi) is 13.4. The molecule has 0 saturated heterocycles. The van der Waals surface area contributed by atoms with Crippen LogP contribution < -0.4 is 0 Å². The number of ether oxygens (including phenoxy) is 1. The fraction of sp³-hybridized carbons (Fsp3) is 0.654. The van der Waals surface area contributed by atoms with Gasteiger partial charge in [-0.05, 0) is 12.8 Å². The molecular formula is C26H44NO2+. The molecule has 0 spiro atoms. The van der Waals surface area contributed by atoms with Crippen molar-refractivity contribution in [1.82, 2.24) is 0 Å². The normalized spacial score (nSPS) is 12.5. The molecule has 1 unspecified atom stereocenters. The molecule has 0 fully saturated rings. The predicted octanol–water partition coefficient (Wildman–Crippen LogP) is 6.84. The van der Waals surface area contributed by atoms with E-state index in [4.69, 9.17) is 4.74 Å². The van der Waals surface area contributed by atoms with E-state index in [1.165, 1.54) is 75.8 Å². The Morgan fingerprint density at radius 1 is 0.966 bits per heavy atom. The molecule has 164 valence electrons. The second-order valence-electron chi connectivity index (χ2n) is 8.77. The number of carbonyl (C=O) groups excluding carboxylic acids is 1. The maximum atomic E-state index is 11.4. The number of esters is 1. The first-order valence-electron chi connectivity index (χ1n) is 11.7. The first-order chi connectivity index (χ1) is 14.0. The standard InChI is InChI=1S/C26H44NO2/c1-5-7-8-9-10-11-12-13-14-18-22-27(3,4)25(21-23-29-26(28)6-2)24-19-16-15-17-20-24/h6,15-17,19-20,25H,2,5,7-14,18,21-23H2,1,3-4H3/q+1. The van der Waals surface area contributed by atoms with Crippen LogP contribution >= 0.6 is 0 Å². The summed E-state index contributed by atoms with van der Waals surface area (Å²) in [6.07, 6.45) is 15.7. The number of nitrogens with zero attached hydrogens (tertiary/aromatic N) is 1. The smallest absolute Gasteiger partial charge is 0.330 e. The van der Waals surface area contributed by atoms with Crippen molar-refractivity contribution < 1.29 is 14.0 Å². The van der Waals surface area contributed by atoms with Crippen LogP contribution in [-0.2, 0) is 9.53 Å². The first-order valence-corrected chi connectivity index (χ1v) is 11.7. The maximum absolute atomic E-state index is 11.4. The van der Waals surface area contributed by atoms with Gasteiger partial charge in [0.15, 0.2) is 0 Å². The van der Waals surface area contributed by atoms with E-state index < -0.39 is 0 Å². The molecule has 0 aromatic heterocycles. The zero-order valence-corrected chi connectivity index (χ0v) is 19.2. The molecular weight excluding hydrogens is 358 g/mol. The average molecular weight is 403 g/mol.